The molecule has 0 aliphatic carbocycles. The SMILES string of the molecule is O=[As](O)=[AsH](c1ccccc1)c1ccccc1. The van der Waals surface area contributed by atoms with Gasteiger partial charge in [0.05, 0.1) is 0 Å². The van der Waals surface area contributed by atoms with Crippen molar-refractivity contribution in [2.45, 2.75) is 0 Å². The summed E-state index contributed by atoms with van der Waals surface area (Å²) in [5.41, 5.74) is 0. The monoisotopic (exact) mass is 338 g/mol. The molecule has 0 heterocycles. The first kappa shape index (κ1) is 11.8. The van der Waals surface area contributed by atoms with Gasteiger partial charge >= 0.3 is 102 Å². The first-order valence-corrected chi connectivity index (χ1v) is 14.4. The topological polar surface area (TPSA) is 37.3 Å². The molecule has 0 spiro atoms. The molecule has 2 rings (SSSR count). The number of hydrogen-bond donors (Lipinski definition) is 1. The van der Waals surface area contributed by atoms with E-state index in [0.29, 0.717) is 0 Å². The van der Waals surface area contributed by atoms with Crippen LogP contribution < -0.4 is 8.70 Å². The van der Waals surface area contributed by atoms with Crippen LogP contribution in [0.1, 0.15) is 0 Å². The van der Waals surface area contributed by atoms with Gasteiger partial charge in [0.15, 0.2) is 0 Å². The predicted molar refractivity (Wildman–Crippen MR) is 68.0 cm³/mol. The number of hydrogen-bond acceptors (Lipinski definition) is 1. The van der Waals surface area contributed by atoms with Crippen LogP contribution in [0.15, 0.2) is 60.7 Å². The molecule has 0 amide bonds. The van der Waals surface area contributed by atoms with E-state index in [-0.39, 0.29) is 0 Å². The maximum absolute atomic E-state index is 11.6. The van der Waals surface area contributed by atoms with E-state index in [0.717, 1.165) is 8.70 Å². The molecule has 0 aliphatic rings. The second-order valence-electron chi connectivity index (χ2n) is 3.35. The maximum atomic E-state index is 11.6. The summed E-state index contributed by atoms with van der Waals surface area (Å²) in [6.45, 7) is 0. The Morgan fingerprint density at radius 2 is 1.19 bits per heavy atom. The molecule has 0 aliphatic heterocycles. The molecule has 0 bridgehead atoms. The number of benzene rings is 2. The van der Waals surface area contributed by atoms with E-state index < -0.39 is 24.4 Å². The third-order valence-corrected chi connectivity index (χ3v) is 16.6. The second kappa shape index (κ2) is 5.59. The van der Waals surface area contributed by atoms with Crippen molar-refractivity contribution >= 4 is 33.1 Å². The van der Waals surface area contributed by atoms with Crippen LogP contribution in [-0.4, -0.2) is 28.5 Å². The molecule has 4 heteroatoms. The zero-order chi connectivity index (χ0) is 11.4. The van der Waals surface area contributed by atoms with E-state index in [1.807, 2.05) is 60.7 Å². The fraction of sp³-hybridized carbons (Fsp3) is 0. The molecule has 1 unspecified atom stereocenters. The standard InChI is InChI=1S/C12H12As2O2/c15-14(16)13(11-7-3-1-4-8-11)12-9-5-2-6-10-12/h1-10,13H,(H,15,16). The van der Waals surface area contributed by atoms with Crippen molar-refractivity contribution in [1.82, 2.24) is 0 Å². The summed E-state index contributed by atoms with van der Waals surface area (Å²) in [6.07, 6.45) is 0. The molecule has 0 fully saturated rings. The Morgan fingerprint density at radius 1 is 0.812 bits per heavy atom. The van der Waals surface area contributed by atoms with E-state index in [9.17, 15) is 7.84 Å². The van der Waals surface area contributed by atoms with Gasteiger partial charge in [-0.25, -0.2) is 0 Å². The van der Waals surface area contributed by atoms with Gasteiger partial charge < -0.3 is 0 Å². The summed E-state index contributed by atoms with van der Waals surface area (Å²) in [6, 6.07) is 19.5. The molecular weight excluding hydrogens is 326 g/mol. The van der Waals surface area contributed by atoms with Crippen molar-refractivity contribution in [2.24, 2.45) is 0 Å². The van der Waals surface area contributed by atoms with Gasteiger partial charge in [0.25, 0.3) is 0 Å². The molecule has 82 valence electrons. The summed E-state index contributed by atoms with van der Waals surface area (Å²) in [7, 11) is 0. The van der Waals surface area contributed by atoms with Gasteiger partial charge in [-0.1, -0.05) is 0 Å². The van der Waals surface area contributed by atoms with Gasteiger partial charge in [-0.15, -0.1) is 0 Å². The Bertz CT molecular complexity index is 502. The van der Waals surface area contributed by atoms with E-state index in [2.05, 4.69) is 0 Å². The van der Waals surface area contributed by atoms with Gasteiger partial charge in [-0.05, 0) is 0 Å². The Morgan fingerprint density at radius 3 is 1.50 bits per heavy atom. The van der Waals surface area contributed by atoms with Crippen LogP contribution in [0, 0.1) is 0 Å². The third kappa shape index (κ3) is 2.71. The second-order valence-corrected chi connectivity index (χ2v) is 17.4. The van der Waals surface area contributed by atoms with Crippen molar-refractivity contribution < 1.29 is 7.84 Å². The van der Waals surface area contributed by atoms with Crippen LogP contribution in [-0.2, 0) is 3.74 Å². The van der Waals surface area contributed by atoms with Crippen molar-refractivity contribution in [3.63, 3.8) is 0 Å². The Kier molecular flexibility index (Phi) is 4.12. The fourth-order valence-electron chi connectivity index (χ4n) is 1.58. The van der Waals surface area contributed by atoms with Crippen molar-refractivity contribution in [2.75, 3.05) is 0 Å². The third-order valence-electron chi connectivity index (χ3n) is 2.29. The minimum atomic E-state index is -2.89. The molecule has 1 atom stereocenters. The van der Waals surface area contributed by atoms with Gasteiger partial charge in [0.2, 0.25) is 0 Å². The zero-order valence-electron chi connectivity index (χ0n) is 8.58. The minimum absolute atomic E-state index is 1.08. The average molecular weight is 338 g/mol. The molecule has 0 aromatic heterocycles. The van der Waals surface area contributed by atoms with Gasteiger partial charge in [-0.3, -0.25) is 0 Å². The molecule has 1 N–H and O–H groups in total. The summed E-state index contributed by atoms with van der Waals surface area (Å²) < 4.78 is 23.3. The first-order chi connectivity index (χ1) is 7.79. The molecule has 0 saturated heterocycles. The van der Waals surface area contributed by atoms with Crippen LogP contribution in [0.25, 0.3) is 0 Å². The molecular formula is C12H12As2O2. The zero-order valence-corrected chi connectivity index (χ0v) is 12.6. The summed E-state index contributed by atoms with van der Waals surface area (Å²) >= 11 is -5.07. The van der Waals surface area contributed by atoms with E-state index in [4.69, 9.17) is 0 Å². The fourth-order valence-corrected chi connectivity index (χ4v) is 13.4. The summed E-state index contributed by atoms with van der Waals surface area (Å²) in [4.78, 5) is 0. The summed E-state index contributed by atoms with van der Waals surface area (Å²) in [5.74, 6) is 0. The van der Waals surface area contributed by atoms with Crippen molar-refractivity contribution in [1.29, 1.82) is 0 Å². The Hall–Kier alpha value is -0.683. The van der Waals surface area contributed by atoms with E-state index in [1.54, 1.807) is 0 Å². The van der Waals surface area contributed by atoms with Crippen LogP contribution in [0.4, 0.5) is 0 Å². The van der Waals surface area contributed by atoms with Crippen LogP contribution in [0.2, 0.25) is 0 Å². The predicted octanol–water partition coefficient (Wildman–Crippen LogP) is 0.0173. The van der Waals surface area contributed by atoms with Crippen LogP contribution >= 0.6 is 0 Å². The van der Waals surface area contributed by atoms with Crippen molar-refractivity contribution in [3.8, 4) is 0 Å². The first-order valence-electron chi connectivity index (χ1n) is 4.93. The molecule has 16 heavy (non-hydrogen) atoms. The molecule has 2 aromatic rings. The van der Waals surface area contributed by atoms with Gasteiger partial charge in [-0.2, -0.15) is 0 Å². The van der Waals surface area contributed by atoms with Crippen LogP contribution in [0.3, 0.4) is 0 Å². The molecule has 2 nitrogen and oxygen atoms in total. The summed E-state index contributed by atoms with van der Waals surface area (Å²) in [5, 5.41) is 0. The molecule has 2 aromatic carbocycles. The van der Waals surface area contributed by atoms with Gasteiger partial charge in [0.1, 0.15) is 0 Å². The molecule has 0 radical (unpaired) electrons. The van der Waals surface area contributed by atoms with Crippen LogP contribution in [0.5, 0.6) is 0 Å². The number of rotatable bonds is 2. The quantitative estimate of drug-likeness (QED) is 0.784. The molecule has 0 saturated carbocycles. The Labute approximate surface area is 101 Å². The van der Waals surface area contributed by atoms with Crippen molar-refractivity contribution in [3.05, 3.63) is 60.7 Å². The average Bonchev–Trinajstić information content (AvgIpc) is 2.31. The normalized spacial score (nSPS) is 11.5. The van der Waals surface area contributed by atoms with E-state index >= 15 is 0 Å². The van der Waals surface area contributed by atoms with Gasteiger partial charge in [0, 0.05) is 0 Å². The van der Waals surface area contributed by atoms with E-state index in [1.165, 1.54) is 0 Å². The Balaban J connectivity index is 2.59.